The SMILES string of the molecule is C=CCNC(=O)C(=O)C(CC(C)C)NC(=O)C1C2C(CN1C(=O)C(NC(=O)OC(C)(C)C)C1CCCCC1)C2(C)C. The van der Waals surface area contributed by atoms with Gasteiger partial charge in [0, 0.05) is 13.1 Å². The van der Waals surface area contributed by atoms with E-state index in [0.29, 0.717) is 6.54 Å². The number of hydrogen-bond donors (Lipinski definition) is 3. The number of nitrogens with zero attached hydrogens (tertiary/aromatic N) is 1. The summed E-state index contributed by atoms with van der Waals surface area (Å²) in [5.41, 5.74) is -0.863. The zero-order chi connectivity index (χ0) is 30.7. The number of carbonyl (C=O) groups excluding carboxylic acids is 5. The zero-order valence-corrected chi connectivity index (χ0v) is 25.9. The molecule has 230 valence electrons. The van der Waals surface area contributed by atoms with Gasteiger partial charge in [-0.2, -0.15) is 0 Å². The van der Waals surface area contributed by atoms with E-state index in [2.05, 4.69) is 36.4 Å². The van der Waals surface area contributed by atoms with Crippen molar-refractivity contribution in [3.63, 3.8) is 0 Å². The van der Waals surface area contributed by atoms with Gasteiger partial charge in [0.25, 0.3) is 5.91 Å². The van der Waals surface area contributed by atoms with Crippen molar-refractivity contribution in [2.75, 3.05) is 13.1 Å². The van der Waals surface area contributed by atoms with Crippen LogP contribution in [-0.4, -0.2) is 71.3 Å². The Morgan fingerprint density at radius 1 is 1.05 bits per heavy atom. The molecule has 0 aromatic carbocycles. The third kappa shape index (κ3) is 7.89. The molecule has 3 rings (SSSR count). The first-order valence-electron chi connectivity index (χ1n) is 15.1. The van der Waals surface area contributed by atoms with Gasteiger partial charge in [-0.1, -0.05) is 53.0 Å². The van der Waals surface area contributed by atoms with E-state index in [-0.39, 0.29) is 48.0 Å². The number of ketones is 1. The Labute approximate surface area is 244 Å². The molecule has 4 amide bonds. The van der Waals surface area contributed by atoms with Gasteiger partial charge in [0.05, 0.1) is 6.04 Å². The van der Waals surface area contributed by atoms with E-state index in [0.717, 1.165) is 32.1 Å². The number of Topliss-reactive ketones (excluding diaryl/α,β-unsaturated/α-hetero) is 1. The molecule has 5 atom stereocenters. The lowest BCUT2D eigenvalue weighted by atomic mass is 9.83. The molecule has 3 N–H and O–H groups in total. The number of amides is 4. The predicted molar refractivity (Wildman–Crippen MR) is 156 cm³/mol. The van der Waals surface area contributed by atoms with Crippen LogP contribution in [0.25, 0.3) is 0 Å². The Hall–Kier alpha value is -2.91. The number of carbonyl (C=O) groups is 5. The van der Waals surface area contributed by atoms with Crippen molar-refractivity contribution >= 4 is 29.6 Å². The molecule has 41 heavy (non-hydrogen) atoms. The van der Waals surface area contributed by atoms with Gasteiger partial charge in [0.2, 0.25) is 17.6 Å². The number of piperidine rings is 1. The summed E-state index contributed by atoms with van der Waals surface area (Å²) in [6, 6.07) is -2.62. The highest BCUT2D eigenvalue weighted by Gasteiger charge is 2.69. The lowest BCUT2D eigenvalue weighted by Crippen LogP contribution is -2.60. The molecule has 1 heterocycles. The Morgan fingerprint density at radius 2 is 1.68 bits per heavy atom. The molecule has 0 bridgehead atoms. The van der Waals surface area contributed by atoms with Crippen molar-refractivity contribution in [3.05, 3.63) is 12.7 Å². The molecule has 5 unspecified atom stereocenters. The third-order valence-electron chi connectivity index (χ3n) is 8.79. The molecule has 3 aliphatic rings. The minimum Gasteiger partial charge on any atom is -0.444 e. The minimum atomic E-state index is -1.01. The van der Waals surface area contributed by atoms with Crippen molar-refractivity contribution in [1.29, 1.82) is 0 Å². The van der Waals surface area contributed by atoms with Crippen molar-refractivity contribution in [2.45, 2.75) is 111 Å². The first-order chi connectivity index (χ1) is 19.1. The largest absolute Gasteiger partial charge is 0.444 e. The van der Waals surface area contributed by atoms with E-state index in [1.165, 1.54) is 6.08 Å². The fourth-order valence-electron chi connectivity index (χ4n) is 6.65. The standard InChI is InChI=1S/C31H50N4O6/c1-9-15-32-27(38)25(36)21(16-18(2)3)33-26(37)24-22-20(31(22,7)8)17-35(24)28(39)23(19-13-11-10-12-14-19)34-29(40)41-30(4,5)6/h9,18-24H,1,10-17H2,2-8H3,(H,32,38)(H,33,37)(H,34,40). The van der Waals surface area contributed by atoms with Crippen LogP contribution in [0.3, 0.4) is 0 Å². The van der Waals surface area contributed by atoms with E-state index >= 15 is 0 Å². The van der Waals surface area contributed by atoms with Gasteiger partial charge < -0.3 is 25.6 Å². The predicted octanol–water partition coefficient (Wildman–Crippen LogP) is 3.35. The second-order valence-electron chi connectivity index (χ2n) is 14.0. The first-order valence-corrected chi connectivity index (χ1v) is 15.1. The lowest BCUT2D eigenvalue weighted by Gasteiger charge is -2.37. The average Bonchev–Trinajstić information content (AvgIpc) is 3.21. The van der Waals surface area contributed by atoms with Crippen LogP contribution in [0, 0.1) is 29.1 Å². The van der Waals surface area contributed by atoms with Gasteiger partial charge in [-0.25, -0.2) is 4.79 Å². The summed E-state index contributed by atoms with van der Waals surface area (Å²) >= 11 is 0. The van der Waals surface area contributed by atoms with E-state index < -0.39 is 47.4 Å². The number of ether oxygens (including phenoxy) is 1. The van der Waals surface area contributed by atoms with Gasteiger partial charge in [-0.15, -0.1) is 6.58 Å². The summed E-state index contributed by atoms with van der Waals surface area (Å²) in [5, 5.41) is 8.18. The summed E-state index contributed by atoms with van der Waals surface area (Å²) in [7, 11) is 0. The van der Waals surface area contributed by atoms with Crippen molar-refractivity contribution in [1.82, 2.24) is 20.9 Å². The highest BCUT2D eigenvalue weighted by molar-refractivity contribution is 6.38. The summed E-state index contributed by atoms with van der Waals surface area (Å²) in [4.78, 5) is 68.0. The van der Waals surface area contributed by atoms with Crippen LogP contribution in [0.15, 0.2) is 12.7 Å². The molecule has 3 fully saturated rings. The Bertz CT molecular complexity index is 1030. The number of rotatable bonds is 11. The maximum atomic E-state index is 14.2. The summed E-state index contributed by atoms with van der Waals surface area (Å²) in [5.74, 6) is -2.19. The van der Waals surface area contributed by atoms with Crippen LogP contribution in [-0.2, 0) is 23.9 Å². The highest BCUT2D eigenvalue weighted by atomic mass is 16.6. The highest BCUT2D eigenvalue weighted by Crippen LogP contribution is 2.65. The molecule has 1 saturated heterocycles. The number of hydrogen-bond acceptors (Lipinski definition) is 6. The van der Waals surface area contributed by atoms with Crippen LogP contribution >= 0.6 is 0 Å². The van der Waals surface area contributed by atoms with E-state index in [1.54, 1.807) is 25.7 Å². The lowest BCUT2D eigenvalue weighted by molar-refractivity contribution is -0.145. The second kappa shape index (κ2) is 12.9. The Kier molecular flexibility index (Phi) is 10.3. The fourth-order valence-corrected chi connectivity index (χ4v) is 6.65. The topological polar surface area (TPSA) is 134 Å². The monoisotopic (exact) mass is 574 g/mol. The molecule has 0 spiro atoms. The van der Waals surface area contributed by atoms with Crippen LogP contribution in [0.4, 0.5) is 4.79 Å². The van der Waals surface area contributed by atoms with Gasteiger partial charge in [-0.05, 0) is 69.1 Å². The maximum Gasteiger partial charge on any atom is 0.408 e. The zero-order valence-electron chi connectivity index (χ0n) is 25.9. The number of likely N-dealkylation sites (tertiary alicyclic amines) is 1. The maximum absolute atomic E-state index is 14.2. The molecule has 2 saturated carbocycles. The smallest absolute Gasteiger partial charge is 0.408 e. The minimum absolute atomic E-state index is 0.0385. The molecule has 2 aliphatic carbocycles. The molecule has 10 heteroatoms. The normalized spacial score (nSPS) is 25.0. The van der Waals surface area contributed by atoms with Crippen molar-refractivity contribution in [2.24, 2.45) is 29.1 Å². The van der Waals surface area contributed by atoms with Gasteiger partial charge in [-0.3, -0.25) is 19.2 Å². The van der Waals surface area contributed by atoms with Gasteiger partial charge in [0.15, 0.2) is 0 Å². The quantitative estimate of drug-likeness (QED) is 0.256. The summed E-state index contributed by atoms with van der Waals surface area (Å²) < 4.78 is 5.49. The molecule has 0 aromatic rings. The molecule has 10 nitrogen and oxygen atoms in total. The van der Waals surface area contributed by atoms with E-state index in [9.17, 15) is 24.0 Å². The Morgan fingerprint density at radius 3 is 2.24 bits per heavy atom. The van der Waals surface area contributed by atoms with Crippen LogP contribution in [0.2, 0.25) is 0 Å². The molecule has 0 aromatic heterocycles. The fraction of sp³-hybridized carbons (Fsp3) is 0.774. The average molecular weight is 575 g/mol. The van der Waals surface area contributed by atoms with E-state index in [1.807, 2.05) is 13.8 Å². The molecular formula is C31H50N4O6. The summed E-state index contributed by atoms with van der Waals surface area (Å²) in [6.45, 7) is 17.4. The van der Waals surface area contributed by atoms with Crippen molar-refractivity contribution < 1.29 is 28.7 Å². The number of alkyl carbamates (subject to hydrolysis) is 1. The van der Waals surface area contributed by atoms with Crippen molar-refractivity contribution in [3.8, 4) is 0 Å². The number of nitrogens with one attached hydrogen (secondary N) is 3. The van der Waals surface area contributed by atoms with Gasteiger partial charge in [0.1, 0.15) is 17.7 Å². The van der Waals surface area contributed by atoms with Gasteiger partial charge >= 0.3 is 6.09 Å². The van der Waals surface area contributed by atoms with Crippen LogP contribution in [0.1, 0.15) is 87.0 Å². The molecule has 0 radical (unpaired) electrons. The van der Waals surface area contributed by atoms with Crippen LogP contribution < -0.4 is 16.0 Å². The number of fused-ring (bicyclic) bond motifs is 1. The molecule has 1 aliphatic heterocycles. The van der Waals surface area contributed by atoms with Crippen LogP contribution in [0.5, 0.6) is 0 Å². The van der Waals surface area contributed by atoms with E-state index in [4.69, 9.17) is 4.74 Å². The second-order valence-corrected chi connectivity index (χ2v) is 14.0. The summed E-state index contributed by atoms with van der Waals surface area (Å²) in [6.07, 6.45) is 5.75. The Balaban J connectivity index is 1.85. The third-order valence-corrected chi connectivity index (χ3v) is 8.79. The molecular weight excluding hydrogens is 524 g/mol. The first kappa shape index (κ1) is 32.6.